The van der Waals surface area contributed by atoms with Crippen LogP contribution in [0.5, 0.6) is 5.75 Å². The van der Waals surface area contributed by atoms with Crippen molar-refractivity contribution in [2.24, 2.45) is 0 Å². The molecule has 10 heteroatoms. The molecule has 10 nitrogen and oxygen atoms in total. The fourth-order valence-corrected chi connectivity index (χ4v) is 4.34. The Bertz CT molecular complexity index is 1230. The lowest BCUT2D eigenvalue weighted by molar-refractivity contribution is 0.0527. The van der Waals surface area contributed by atoms with Crippen LogP contribution in [0.3, 0.4) is 0 Å². The standard InChI is InChI=1S/C29H40N6O4/c1-6-9-22-18-25(33-35(22)26(10-7-2)21-11-12-23(30)27(17-21)38-5)28(36)31-19-20(4)24(8-3)32-29(37)34-13-15-39-16-14-34/h7,10-12,17-19,24H,2,6,8-9,13-16,30H2,1,3-5H3,(H,31,36)(H,32,37)/b20-19+,26-10-. The van der Waals surface area contributed by atoms with Crippen molar-refractivity contribution in [2.45, 2.75) is 46.1 Å². The molecule has 0 saturated carbocycles. The molecule has 4 N–H and O–H groups in total. The molecule has 2 aromatic rings. The van der Waals surface area contributed by atoms with E-state index in [9.17, 15) is 9.59 Å². The number of hydrogen-bond donors (Lipinski definition) is 3. The van der Waals surface area contributed by atoms with Crippen LogP contribution in [0.1, 0.15) is 55.4 Å². The molecular formula is C29H40N6O4. The fourth-order valence-electron chi connectivity index (χ4n) is 4.34. The number of methoxy groups -OCH3 is 1. The zero-order valence-electron chi connectivity index (χ0n) is 23.3. The second-order valence-corrected chi connectivity index (χ2v) is 9.30. The normalized spacial score (nSPS) is 15.0. The third-order valence-corrected chi connectivity index (χ3v) is 6.54. The summed E-state index contributed by atoms with van der Waals surface area (Å²) in [5.41, 5.74) is 10.1. The van der Waals surface area contributed by atoms with Crippen molar-refractivity contribution in [3.05, 3.63) is 71.7 Å². The molecule has 3 amide bonds. The summed E-state index contributed by atoms with van der Waals surface area (Å²) >= 11 is 0. The predicted octanol–water partition coefficient (Wildman–Crippen LogP) is 3.96. The van der Waals surface area contributed by atoms with Crippen LogP contribution in [-0.4, -0.2) is 66.1 Å². The lowest BCUT2D eigenvalue weighted by Crippen LogP contribution is -2.49. The van der Waals surface area contributed by atoms with Crippen molar-refractivity contribution < 1.29 is 19.1 Å². The number of rotatable bonds is 11. The number of nitrogens with two attached hydrogens (primary N) is 1. The number of nitrogens with zero attached hydrogens (tertiary/aromatic N) is 3. The summed E-state index contributed by atoms with van der Waals surface area (Å²) in [6.07, 6.45) is 7.44. The Morgan fingerprint density at radius 1 is 1.26 bits per heavy atom. The zero-order valence-corrected chi connectivity index (χ0v) is 23.3. The van der Waals surface area contributed by atoms with Crippen LogP contribution in [0.2, 0.25) is 0 Å². The maximum Gasteiger partial charge on any atom is 0.318 e. The molecule has 0 aliphatic carbocycles. The molecule has 39 heavy (non-hydrogen) atoms. The summed E-state index contributed by atoms with van der Waals surface area (Å²) < 4.78 is 12.5. The number of morpholine rings is 1. The molecule has 1 aromatic carbocycles. The van der Waals surface area contributed by atoms with E-state index in [2.05, 4.69) is 29.2 Å². The van der Waals surface area contributed by atoms with Crippen molar-refractivity contribution >= 4 is 23.3 Å². The van der Waals surface area contributed by atoms with Gasteiger partial charge in [0.05, 0.1) is 37.7 Å². The molecule has 3 rings (SSSR count). The predicted molar refractivity (Wildman–Crippen MR) is 153 cm³/mol. The second-order valence-electron chi connectivity index (χ2n) is 9.30. The van der Waals surface area contributed by atoms with E-state index in [1.165, 1.54) is 0 Å². The number of hydrogen-bond acceptors (Lipinski definition) is 6. The summed E-state index contributed by atoms with van der Waals surface area (Å²) in [5.74, 6) is 0.212. The molecule has 1 fully saturated rings. The Balaban J connectivity index is 1.81. The number of nitrogens with one attached hydrogen (secondary N) is 2. The average molecular weight is 537 g/mol. The van der Waals surface area contributed by atoms with E-state index in [1.54, 1.807) is 41.1 Å². The minimum Gasteiger partial charge on any atom is -0.495 e. The molecule has 210 valence electrons. The van der Waals surface area contributed by atoms with Crippen LogP contribution in [0.15, 0.2) is 54.8 Å². The van der Waals surface area contributed by atoms with Gasteiger partial charge in [0.25, 0.3) is 5.91 Å². The third-order valence-electron chi connectivity index (χ3n) is 6.54. The number of anilines is 1. The smallest absolute Gasteiger partial charge is 0.318 e. The van der Waals surface area contributed by atoms with Crippen LogP contribution in [0.25, 0.3) is 5.70 Å². The first-order valence-electron chi connectivity index (χ1n) is 13.3. The van der Waals surface area contributed by atoms with Gasteiger partial charge in [-0.1, -0.05) is 39.0 Å². The fraction of sp³-hybridized carbons (Fsp3) is 0.414. The average Bonchev–Trinajstić information content (AvgIpc) is 3.37. The van der Waals surface area contributed by atoms with Gasteiger partial charge in [0, 0.05) is 30.5 Å². The number of carbonyl (C=O) groups excluding carboxylic acids is 2. The van der Waals surface area contributed by atoms with Crippen LogP contribution in [0, 0.1) is 0 Å². The Kier molecular flexibility index (Phi) is 10.7. The van der Waals surface area contributed by atoms with Crippen molar-refractivity contribution in [2.75, 3.05) is 39.1 Å². The van der Waals surface area contributed by atoms with Gasteiger partial charge in [0.15, 0.2) is 5.69 Å². The number of urea groups is 1. The molecule has 1 aliphatic rings. The van der Waals surface area contributed by atoms with E-state index in [0.29, 0.717) is 44.2 Å². The molecular weight excluding hydrogens is 496 g/mol. The second kappa shape index (κ2) is 14.2. The lowest BCUT2D eigenvalue weighted by atomic mass is 10.1. The number of amides is 3. The highest BCUT2D eigenvalue weighted by atomic mass is 16.5. The van der Waals surface area contributed by atoms with Gasteiger partial charge < -0.3 is 30.7 Å². The number of benzene rings is 1. The molecule has 1 aliphatic heterocycles. The maximum absolute atomic E-state index is 13.1. The number of ether oxygens (including phenoxy) is 2. The van der Waals surface area contributed by atoms with Gasteiger partial charge in [-0.3, -0.25) is 4.79 Å². The van der Waals surface area contributed by atoms with Crippen molar-refractivity contribution in [1.82, 2.24) is 25.3 Å². The number of aryl methyl sites for hydroxylation is 1. The Hall–Kier alpha value is -4.05. The number of carbonyl (C=O) groups is 2. The van der Waals surface area contributed by atoms with Crippen molar-refractivity contribution in [3.63, 3.8) is 0 Å². The van der Waals surface area contributed by atoms with Gasteiger partial charge in [-0.25, -0.2) is 9.48 Å². The molecule has 1 saturated heterocycles. The molecule has 0 bridgehead atoms. The van der Waals surface area contributed by atoms with Crippen LogP contribution in [-0.2, 0) is 11.2 Å². The Labute approximate surface area is 230 Å². The number of nitrogen functional groups attached to an aromatic ring is 1. The van der Waals surface area contributed by atoms with Gasteiger partial charge in [-0.05, 0) is 49.6 Å². The maximum atomic E-state index is 13.1. The Morgan fingerprint density at radius 3 is 2.64 bits per heavy atom. The summed E-state index contributed by atoms with van der Waals surface area (Å²) in [7, 11) is 1.57. The first kappa shape index (κ1) is 29.5. The lowest BCUT2D eigenvalue weighted by Gasteiger charge is -2.29. The molecule has 1 unspecified atom stereocenters. The first-order chi connectivity index (χ1) is 18.8. The molecule has 0 spiro atoms. The summed E-state index contributed by atoms with van der Waals surface area (Å²) in [5, 5.41) is 10.5. The number of aromatic nitrogens is 2. The van der Waals surface area contributed by atoms with E-state index in [-0.39, 0.29) is 23.7 Å². The van der Waals surface area contributed by atoms with Gasteiger partial charge in [-0.15, -0.1) is 0 Å². The van der Waals surface area contributed by atoms with Crippen molar-refractivity contribution in [3.8, 4) is 5.75 Å². The minimum absolute atomic E-state index is 0.131. The highest BCUT2D eigenvalue weighted by Crippen LogP contribution is 2.28. The van der Waals surface area contributed by atoms with Gasteiger partial charge in [0.1, 0.15) is 5.75 Å². The van der Waals surface area contributed by atoms with E-state index >= 15 is 0 Å². The van der Waals surface area contributed by atoms with Gasteiger partial charge in [0.2, 0.25) is 0 Å². The van der Waals surface area contributed by atoms with Gasteiger partial charge >= 0.3 is 6.03 Å². The van der Waals surface area contributed by atoms with E-state index in [1.807, 2.05) is 32.1 Å². The third kappa shape index (κ3) is 7.51. The van der Waals surface area contributed by atoms with Gasteiger partial charge in [-0.2, -0.15) is 5.10 Å². The summed E-state index contributed by atoms with van der Waals surface area (Å²) in [6.45, 7) is 12.0. The summed E-state index contributed by atoms with van der Waals surface area (Å²) in [4.78, 5) is 27.5. The number of allylic oxidation sites excluding steroid dienone is 2. The molecule has 1 aromatic heterocycles. The quantitative estimate of drug-likeness (QED) is 0.295. The van der Waals surface area contributed by atoms with Crippen LogP contribution in [0.4, 0.5) is 10.5 Å². The topological polar surface area (TPSA) is 124 Å². The molecule has 2 heterocycles. The highest BCUT2D eigenvalue weighted by molar-refractivity contribution is 5.93. The van der Waals surface area contributed by atoms with Crippen LogP contribution >= 0.6 is 0 Å². The minimum atomic E-state index is -0.340. The van der Waals surface area contributed by atoms with E-state index in [0.717, 1.165) is 35.4 Å². The van der Waals surface area contributed by atoms with Crippen molar-refractivity contribution in [1.29, 1.82) is 0 Å². The van der Waals surface area contributed by atoms with E-state index in [4.69, 9.17) is 15.2 Å². The molecule has 1 atom stereocenters. The largest absolute Gasteiger partial charge is 0.495 e. The molecule has 0 radical (unpaired) electrons. The van der Waals surface area contributed by atoms with Crippen LogP contribution < -0.4 is 21.1 Å². The Morgan fingerprint density at radius 2 is 2.00 bits per heavy atom. The zero-order chi connectivity index (χ0) is 28.4. The SMILES string of the molecule is C=C/C=C(/c1ccc(N)c(OC)c1)n1nc(C(=O)N/C=C(\C)C(CC)NC(=O)N2CCOCC2)cc1CCC. The highest BCUT2D eigenvalue weighted by Gasteiger charge is 2.21. The monoisotopic (exact) mass is 536 g/mol. The summed E-state index contributed by atoms with van der Waals surface area (Å²) in [6, 6.07) is 6.95. The van der Waals surface area contributed by atoms with E-state index < -0.39 is 0 Å². The first-order valence-corrected chi connectivity index (χ1v) is 13.3.